The van der Waals surface area contributed by atoms with E-state index in [0.29, 0.717) is 0 Å². The Morgan fingerprint density at radius 1 is 0.682 bits per heavy atom. The van der Waals surface area contributed by atoms with Gasteiger partial charge in [-0.1, -0.05) is 74.2 Å². The first kappa shape index (κ1) is 13.1. The van der Waals surface area contributed by atoms with Gasteiger partial charge in [-0.3, -0.25) is 0 Å². The van der Waals surface area contributed by atoms with E-state index >= 15 is 0 Å². The average Bonchev–Trinajstić information content (AvgIpc) is 2.61. The van der Waals surface area contributed by atoms with Crippen LogP contribution in [0.4, 0.5) is 0 Å². The van der Waals surface area contributed by atoms with Gasteiger partial charge in [-0.15, -0.1) is 0 Å². The molecule has 0 fully saturated rings. The SMILES string of the molecule is C=C(CC)c1ccc2c3ccccc3c3ccccc3c2c1. The third kappa shape index (κ3) is 1.84. The Morgan fingerprint density at radius 3 is 1.64 bits per heavy atom. The van der Waals surface area contributed by atoms with Gasteiger partial charge in [0, 0.05) is 0 Å². The van der Waals surface area contributed by atoms with Crippen LogP contribution >= 0.6 is 0 Å². The Labute approximate surface area is 130 Å². The molecular formula is C22H18. The van der Waals surface area contributed by atoms with Crippen LogP contribution in [0.2, 0.25) is 0 Å². The minimum Gasteiger partial charge on any atom is -0.0952 e. The molecule has 0 saturated heterocycles. The van der Waals surface area contributed by atoms with Crippen LogP contribution < -0.4 is 0 Å². The molecule has 0 aliphatic heterocycles. The first-order valence-corrected chi connectivity index (χ1v) is 7.81. The quantitative estimate of drug-likeness (QED) is 0.365. The van der Waals surface area contributed by atoms with E-state index in [0.717, 1.165) is 6.42 Å². The second kappa shape index (κ2) is 4.99. The summed E-state index contributed by atoms with van der Waals surface area (Å²) in [5.41, 5.74) is 2.44. The van der Waals surface area contributed by atoms with Gasteiger partial charge in [0.05, 0.1) is 0 Å². The van der Waals surface area contributed by atoms with Crippen LogP contribution in [0.25, 0.3) is 37.9 Å². The molecule has 0 nitrogen and oxygen atoms in total. The second-order valence-corrected chi connectivity index (χ2v) is 5.81. The van der Waals surface area contributed by atoms with E-state index in [1.807, 2.05) is 0 Å². The molecule has 4 aromatic rings. The first-order chi connectivity index (χ1) is 10.8. The predicted octanol–water partition coefficient (Wildman–Crippen LogP) is 6.57. The summed E-state index contributed by atoms with van der Waals surface area (Å²) in [7, 11) is 0. The highest BCUT2D eigenvalue weighted by Crippen LogP contribution is 2.36. The predicted molar refractivity (Wildman–Crippen MR) is 98.3 cm³/mol. The lowest BCUT2D eigenvalue weighted by Crippen LogP contribution is -1.86. The fourth-order valence-corrected chi connectivity index (χ4v) is 3.33. The third-order valence-corrected chi connectivity index (χ3v) is 4.58. The van der Waals surface area contributed by atoms with Crippen LogP contribution in [0.15, 0.2) is 73.3 Å². The molecule has 0 aromatic heterocycles. The minimum absolute atomic E-state index is 0.983. The fraction of sp³-hybridized carbons (Fsp3) is 0.0909. The Balaban J connectivity index is 2.24. The summed E-state index contributed by atoms with van der Waals surface area (Å²) in [4.78, 5) is 0. The van der Waals surface area contributed by atoms with Gasteiger partial charge in [0.2, 0.25) is 0 Å². The van der Waals surface area contributed by atoms with E-state index in [-0.39, 0.29) is 0 Å². The highest BCUT2D eigenvalue weighted by Gasteiger charge is 2.08. The van der Waals surface area contributed by atoms with E-state index in [1.54, 1.807) is 0 Å². The Kier molecular flexibility index (Phi) is 2.97. The zero-order chi connectivity index (χ0) is 15.1. The lowest BCUT2D eigenvalue weighted by Gasteiger charge is -2.12. The highest BCUT2D eigenvalue weighted by molar-refractivity contribution is 6.25. The van der Waals surface area contributed by atoms with Crippen molar-refractivity contribution < 1.29 is 0 Å². The van der Waals surface area contributed by atoms with Crippen LogP contribution in [-0.4, -0.2) is 0 Å². The molecule has 0 aliphatic rings. The maximum atomic E-state index is 4.19. The fourth-order valence-electron chi connectivity index (χ4n) is 3.33. The number of fused-ring (bicyclic) bond motifs is 6. The molecule has 0 bridgehead atoms. The van der Waals surface area contributed by atoms with Gasteiger partial charge in [0.1, 0.15) is 0 Å². The van der Waals surface area contributed by atoms with Crippen molar-refractivity contribution in [3.8, 4) is 0 Å². The van der Waals surface area contributed by atoms with E-state index in [2.05, 4.69) is 80.2 Å². The summed E-state index contributed by atoms with van der Waals surface area (Å²) in [6.45, 7) is 6.35. The number of benzene rings is 4. The van der Waals surface area contributed by atoms with Crippen LogP contribution in [0.3, 0.4) is 0 Å². The summed E-state index contributed by atoms with van der Waals surface area (Å²) < 4.78 is 0. The van der Waals surface area contributed by atoms with Gasteiger partial charge in [-0.25, -0.2) is 0 Å². The Morgan fingerprint density at radius 2 is 1.14 bits per heavy atom. The molecule has 0 heteroatoms. The van der Waals surface area contributed by atoms with Gasteiger partial charge in [-0.05, 0) is 55.9 Å². The number of hydrogen-bond donors (Lipinski definition) is 0. The third-order valence-electron chi connectivity index (χ3n) is 4.58. The lowest BCUT2D eigenvalue weighted by molar-refractivity contribution is 1.25. The zero-order valence-corrected chi connectivity index (χ0v) is 12.8. The van der Waals surface area contributed by atoms with E-state index in [4.69, 9.17) is 0 Å². The Bertz CT molecular complexity index is 987. The molecule has 0 amide bonds. The van der Waals surface area contributed by atoms with Crippen LogP contribution in [0.5, 0.6) is 0 Å². The maximum absolute atomic E-state index is 4.19. The van der Waals surface area contributed by atoms with Crippen molar-refractivity contribution in [1.82, 2.24) is 0 Å². The molecule has 0 heterocycles. The first-order valence-electron chi connectivity index (χ1n) is 7.81. The van der Waals surface area contributed by atoms with Crippen molar-refractivity contribution in [3.05, 3.63) is 78.9 Å². The van der Waals surface area contributed by atoms with Gasteiger partial charge < -0.3 is 0 Å². The van der Waals surface area contributed by atoms with Gasteiger partial charge in [0.15, 0.2) is 0 Å². The average molecular weight is 282 g/mol. The lowest BCUT2D eigenvalue weighted by atomic mass is 9.92. The smallest absolute Gasteiger partial charge is 0.00929 e. The summed E-state index contributed by atoms with van der Waals surface area (Å²) in [6.07, 6.45) is 0.983. The van der Waals surface area contributed by atoms with E-state index in [9.17, 15) is 0 Å². The zero-order valence-electron chi connectivity index (χ0n) is 12.8. The molecule has 22 heavy (non-hydrogen) atoms. The number of hydrogen-bond acceptors (Lipinski definition) is 0. The van der Waals surface area contributed by atoms with Crippen molar-refractivity contribution in [3.63, 3.8) is 0 Å². The second-order valence-electron chi connectivity index (χ2n) is 5.81. The van der Waals surface area contributed by atoms with Crippen molar-refractivity contribution in [2.24, 2.45) is 0 Å². The molecule has 0 radical (unpaired) electrons. The van der Waals surface area contributed by atoms with Gasteiger partial charge in [-0.2, -0.15) is 0 Å². The summed E-state index contributed by atoms with van der Waals surface area (Å²) in [5.74, 6) is 0. The minimum atomic E-state index is 0.983. The molecule has 0 aliphatic carbocycles. The monoisotopic (exact) mass is 282 g/mol. The highest BCUT2D eigenvalue weighted by atomic mass is 14.1. The largest absolute Gasteiger partial charge is 0.0952 e. The van der Waals surface area contributed by atoms with E-state index in [1.165, 1.54) is 43.5 Å². The van der Waals surface area contributed by atoms with Crippen LogP contribution in [0, 0.1) is 0 Å². The molecule has 0 saturated carbocycles. The summed E-state index contributed by atoms with van der Waals surface area (Å²) in [6, 6.07) is 24.1. The van der Waals surface area contributed by atoms with Crippen LogP contribution in [0.1, 0.15) is 18.9 Å². The summed E-state index contributed by atoms with van der Waals surface area (Å²) >= 11 is 0. The Hall–Kier alpha value is -2.60. The van der Waals surface area contributed by atoms with Crippen LogP contribution in [-0.2, 0) is 0 Å². The maximum Gasteiger partial charge on any atom is -0.00929 e. The van der Waals surface area contributed by atoms with Crippen molar-refractivity contribution in [2.75, 3.05) is 0 Å². The topological polar surface area (TPSA) is 0 Å². The number of rotatable bonds is 2. The molecule has 4 aromatic carbocycles. The molecular weight excluding hydrogens is 264 g/mol. The van der Waals surface area contributed by atoms with Crippen molar-refractivity contribution >= 4 is 37.9 Å². The molecule has 4 rings (SSSR count). The molecule has 0 unspecified atom stereocenters. The van der Waals surface area contributed by atoms with E-state index < -0.39 is 0 Å². The molecule has 0 spiro atoms. The standard InChI is InChI=1S/C22H18/c1-3-15(2)16-12-13-21-19-10-5-4-8-17(19)18-9-6-7-11-20(18)22(21)14-16/h4-14H,2-3H2,1H3. The summed E-state index contributed by atoms with van der Waals surface area (Å²) in [5, 5.41) is 7.94. The van der Waals surface area contributed by atoms with Gasteiger partial charge in [0.25, 0.3) is 0 Å². The molecule has 0 atom stereocenters. The molecule has 106 valence electrons. The van der Waals surface area contributed by atoms with Gasteiger partial charge >= 0.3 is 0 Å². The number of allylic oxidation sites excluding steroid dienone is 1. The van der Waals surface area contributed by atoms with Crippen molar-refractivity contribution in [1.29, 1.82) is 0 Å². The normalized spacial score (nSPS) is 11.3. The van der Waals surface area contributed by atoms with Crippen molar-refractivity contribution in [2.45, 2.75) is 13.3 Å². The molecule has 0 N–H and O–H groups in total.